The summed E-state index contributed by atoms with van der Waals surface area (Å²) >= 11 is 0. The highest BCUT2D eigenvalue weighted by Crippen LogP contribution is 2.24. The Morgan fingerprint density at radius 2 is 2.00 bits per heavy atom. The lowest BCUT2D eigenvalue weighted by molar-refractivity contribution is 0.0472. The first-order valence-electron chi connectivity index (χ1n) is 7.68. The quantitative estimate of drug-likeness (QED) is 0.922. The molecule has 1 aromatic rings. The maximum Gasteiger partial charge on any atom is 0.253 e. The Hall–Kier alpha value is -1.39. The van der Waals surface area contributed by atoms with Crippen LogP contribution < -0.4 is 0 Å². The van der Waals surface area contributed by atoms with E-state index in [2.05, 4.69) is 11.8 Å². The number of likely N-dealkylation sites (tertiary alicyclic amines) is 1. The summed E-state index contributed by atoms with van der Waals surface area (Å²) in [6.45, 7) is 4.31. The normalized spacial score (nSPS) is 23.0. The van der Waals surface area contributed by atoms with Crippen LogP contribution in [0.15, 0.2) is 24.3 Å². The van der Waals surface area contributed by atoms with Crippen molar-refractivity contribution < 1.29 is 9.90 Å². The van der Waals surface area contributed by atoms with Crippen LogP contribution >= 0.6 is 0 Å². The molecule has 4 heteroatoms. The van der Waals surface area contributed by atoms with Gasteiger partial charge in [-0.05, 0) is 43.0 Å². The van der Waals surface area contributed by atoms with E-state index in [4.69, 9.17) is 0 Å². The molecule has 0 saturated carbocycles. The molecule has 0 radical (unpaired) electrons. The summed E-state index contributed by atoms with van der Waals surface area (Å²) in [6.07, 6.45) is 2.38. The third-order valence-electron chi connectivity index (χ3n) is 4.41. The van der Waals surface area contributed by atoms with E-state index in [1.54, 1.807) is 19.0 Å². The van der Waals surface area contributed by atoms with Gasteiger partial charge < -0.3 is 10.0 Å². The van der Waals surface area contributed by atoms with Crippen LogP contribution in [0.4, 0.5) is 0 Å². The molecular weight excluding hydrogens is 264 g/mol. The van der Waals surface area contributed by atoms with Crippen molar-refractivity contribution in [2.45, 2.75) is 32.4 Å². The molecule has 1 saturated heterocycles. The van der Waals surface area contributed by atoms with E-state index in [1.165, 1.54) is 18.4 Å². The summed E-state index contributed by atoms with van der Waals surface area (Å²) in [5.41, 5.74) is 1.91. The Morgan fingerprint density at radius 1 is 1.33 bits per heavy atom. The van der Waals surface area contributed by atoms with Gasteiger partial charge >= 0.3 is 0 Å². The molecule has 116 valence electrons. The fraction of sp³-hybridized carbons (Fsp3) is 0.588. The van der Waals surface area contributed by atoms with Gasteiger partial charge in [0.05, 0.1) is 6.61 Å². The van der Waals surface area contributed by atoms with Gasteiger partial charge in [-0.15, -0.1) is 0 Å². The molecule has 1 heterocycles. The summed E-state index contributed by atoms with van der Waals surface area (Å²) < 4.78 is 0. The van der Waals surface area contributed by atoms with Gasteiger partial charge in [0.25, 0.3) is 5.91 Å². The van der Waals surface area contributed by atoms with Crippen LogP contribution in [0, 0.1) is 5.92 Å². The van der Waals surface area contributed by atoms with Crippen molar-refractivity contribution in [3.63, 3.8) is 0 Å². The zero-order chi connectivity index (χ0) is 15.4. The zero-order valence-corrected chi connectivity index (χ0v) is 13.2. The van der Waals surface area contributed by atoms with Crippen LogP contribution in [-0.4, -0.2) is 54.1 Å². The third-order valence-corrected chi connectivity index (χ3v) is 4.41. The lowest BCUT2D eigenvalue weighted by Crippen LogP contribution is -2.45. The Balaban J connectivity index is 2.04. The number of hydrogen-bond acceptors (Lipinski definition) is 3. The highest BCUT2D eigenvalue weighted by Gasteiger charge is 2.27. The molecule has 0 aromatic heterocycles. The minimum absolute atomic E-state index is 0.0291. The van der Waals surface area contributed by atoms with E-state index in [9.17, 15) is 9.90 Å². The number of rotatable bonds is 4. The number of nitrogens with zero attached hydrogens (tertiary/aromatic N) is 2. The van der Waals surface area contributed by atoms with E-state index in [0.29, 0.717) is 5.92 Å². The first-order chi connectivity index (χ1) is 10.0. The molecule has 21 heavy (non-hydrogen) atoms. The van der Waals surface area contributed by atoms with E-state index in [1.807, 2.05) is 24.3 Å². The topological polar surface area (TPSA) is 43.8 Å². The number of aliphatic hydroxyl groups excluding tert-OH is 1. The molecule has 1 aliphatic rings. The lowest BCUT2D eigenvalue weighted by Gasteiger charge is -2.39. The van der Waals surface area contributed by atoms with Crippen LogP contribution in [-0.2, 0) is 6.54 Å². The number of piperidine rings is 1. The monoisotopic (exact) mass is 290 g/mol. The molecule has 1 aliphatic heterocycles. The average molecular weight is 290 g/mol. The largest absolute Gasteiger partial charge is 0.395 e. The molecule has 2 rings (SSSR count). The van der Waals surface area contributed by atoms with Crippen LogP contribution in [0.2, 0.25) is 0 Å². The van der Waals surface area contributed by atoms with Crippen molar-refractivity contribution in [3.8, 4) is 0 Å². The zero-order valence-electron chi connectivity index (χ0n) is 13.2. The highest BCUT2D eigenvalue weighted by molar-refractivity contribution is 5.93. The predicted molar refractivity (Wildman–Crippen MR) is 84.1 cm³/mol. The molecule has 1 fully saturated rings. The number of hydrogen-bond donors (Lipinski definition) is 1. The van der Waals surface area contributed by atoms with E-state index < -0.39 is 0 Å². The SMILES string of the molecule is CC1CCCN(Cc2ccc(C(=O)N(C)C)cc2)C1CO. The first kappa shape index (κ1) is 16.0. The van der Waals surface area contributed by atoms with Gasteiger partial charge in [-0.2, -0.15) is 0 Å². The highest BCUT2D eigenvalue weighted by atomic mass is 16.3. The molecule has 2 atom stereocenters. The van der Waals surface area contributed by atoms with Crippen LogP contribution in [0.25, 0.3) is 0 Å². The fourth-order valence-electron chi connectivity index (χ4n) is 3.07. The van der Waals surface area contributed by atoms with Gasteiger partial charge in [0.1, 0.15) is 0 Å². The summed E-state index contributed by atoms with van der Waals surface area (Å²) in [6, 6.07) is 8.06. The lowest BCUT2D eigenvalue weighted by atomic mass is 9.91. The molecule has 1 N–H and O–H groups in total. The number of carbonyl (C=O) groups excluding carboxylic acids is 1. The third kappa shape index (κ3) is 3.83. The number of benzene rings is 1. The molecule has 1 amide bonds. The summed E-state index contributed by atoms with van der Waals surface area (Å²) in [7, 11) is 3.52. The second kappa shape index (κ2) is 7.05. The van der Waals surface area contributed by atoms with Crippen molar-refractivity contribution in [2.24, 2.45) is 5.92 Å². The fourth-order valence-corrected chi connectivity index (χ4v) is 3.07. The van der Waals surface area contributed by atoms with Gasteiger partial charge in [0.2, 0.25) is 0 Å². The maximum absolute atomic E-state index is 11.9. The van der Waals surface area contributed by atoms with Gasteiger partial charge in [0.15, 0.2) is 0 Å². The maximum atomic E-state index is 11.9. The summed E-state index contributed by atoms with van der Waals surface area (Å²) in [5.74, 6) is 0.569. The van der Waals surface area contributed by atoms with Gasteiger partial charge in [0, 0.05) is 32.2 Å². The van der Waals surface area contributed by atoms with Crippen LogP contribution in [0.3, 0.4) is 0 Å². The van der Waals surface area contributed by atoms with Crippen molar-refractivity contribution in [1.29, 1.82) is 0 Å². The van der Waals surface area contributed by atoms with E-state index in [0.717, 1.165) is 18.7 Å². The summed E-state index contributed by atoms with van der Waals surface area (Å²) in [5, 5.41) is 9.60. The van der Waals surface area contributed by atoms with Crippen LogP contribution in [0.5, 0.6) is 0 Å². The molecule has 1 aromatic carbocycles. The molecule has 0 bridgehead atoms. The van der Waals surface area contributed by atoms with E-state index >= 15 is 0 Å². The molecule has 0 aliphatic carbocycles. The first-order valence-corrected chi connectivity index (χ1v) is 7.68. The van der Waals surface area contributed by atoms with Crippen molar-refractivity contribution in [1.82, 2.24) is 9.80 Å². The molecular formula is C17H26N2O2. The Kier molecular flexibility index (Phi) is 5.37. The Labute approximate surface area is 127 Å². The minimum atomic E-state index is 0.0291. The smallest absolute Gasteiger partial charge is 0.253 e. The average Bonchev–Trinajstić information content (AvgIpc) is 2.47. The summed E-state index contributed by atoms with van der Waals surface area (Å²) in [4.78, 5) is 15.8. The van der Waals surface area contributed by atoms with Gasteiger partial charge in [-0.1, -0.05) is 19.1 Å². The van der Waals surface area contributed by atoms with Crippen molar-refractivity contribution in [3.05, 3.63) is 35.4 Å². The van der Waals surface area contributed by atoms with Crippen LogP contribution in [0.1, 0.15) is 35.7 Å². The van der Waals surface area contributed by atoms with Gasteiger partial charge in [-0.25, -0.2) is 0 Å². The second-order valence-corrected chi connectivity index (χ2v) is 6.24. The standard InChI is InChI=1S/C17H26N2O2/c1-13-5-4-10-19(16(13)12-20)11-14-6-8-15(9-7-14)17(21)18(2)3/h6-9,13,16,20H,4-5,10-12H2,1-3H3. The second-order valence-electron chi connectivity index (χ2n) is 6.24. The molecule has 4 nitrogen and oxygen atoms in total. The van der Waals surface area contributed by atoms with Crippen molar-refractivity contribution >= 4 is 5.91 Å². The number of aliphatic hydroxyl groups is 1. The number of amides is 1. The Morgan fingerprint density at radius 3 is 2.57 bits per heavy atom. The predicted octanol–water partition coefficient (Wildman–Crippen LogP) is 1.98. The van der Waals surface area contributed by atoms with Crippen molar-refractivity contribution in [2.75, 3.05) is 27.2 Å². The number of carbonyl (C=O) groups is 1. The molecule has 0 spiro atoms. The minimum Gasteiger partial charge on any atom is -0.395 e. The van der Waals surface area contributed by atoms with E-state index in [-0.39, 0.29) is 18.6 Å². The van der Waals surface area contributed by atoms with Gasteiger partial charge in [-0.3, -0.25) is 9.69 Å². The molecule has 2 unspecified atom stereocenters. The Bertz CT molecular complexity index is 470.